The predicted molar refractivity (Wildman–Crippen MR) is 89.0 cm³/mol. The van der Waals surface area contributed by atoms with E-state index in [0.29, 0.717) is 12.1 Å². The molecule has 3 rings (SSSR count). The van der Waals surface area contributed by atoms with Crippen molar-refractivity contribution in [1.29, 1.82) is 0 Å². The van der Waals surface area contributed by atoms with E-state index in [1.165, 1.54) is 12.8 Å². The molecule has 2 heterocycles. The van der Waals surface area contributed by atoms with Gasteiger partial charge in [-0.15, -0.1) is 5.10 Å². The second-order valence-electron chi connectivity index (χ2n) is 7.21. The Kier molecular flexibility index (Phi) is 5.84. The number of rotatable bonds is 6. The molecule has 0 aromatic carbocycles. The fraction of sp³-hybridized carbons (Fsp3) is 0.824. The Balaban J connectivity index is 1.59. The van der Waals surface area contributed by atoms with Crippen LogP contribution >= 0.6 is 0 Å². The van der Waals surface area contributed by atoms with Gasteiger partial charge in [0.1, 0.15) is 0 Å². The van der Waals surface area contributed by atoms with E-state index in [-0.39, 0.29) is 11.7 Å². The van der Waals surface area contributed by atoms with Crippen LogP contribution in [0.5, 0.6) is 0 Å². The third kappa shape index (κ3) is 4.33. The summed E-state index contributed by atoms with van der Waals surface area (Å²) in [4.78, 5) is 11.0. The Morgan fingerprint density at radius 3 is 2.83 bits per heavy atom. The molecule has 134 valence electrons. The number of carbonyl (C=O) groups is 1. The molecule has 2 fully saturated rings. The summed E-state index contributed by atoms with van der Waals surface area (Å²) in [7, 11) is 0. The second-order valence-corrected chi connectivity index (χ2v) is 7.21. The van der Waals surface area contributed by atoms with E-state index in [1.54, 1.807) is 10.9 Å². The molecule has 0 amide bonds. The fourth-order valence-electron chi connectivity index (χ4n) is 4.07. The van der Waals surface area contributed by atoms with E-state index in [1.807, 2.05) is 0 Å². The van der Waals surface area contributed by atoms with E-state index in [4.69, 9.17) is 9.84 Å². The summed E-state index contributed by atoms with van der Waals surface area (Å²) in [6.07, 6.45) is 9.53. The molecule has 1 aromatic heterocycles. The van der Waals surface area contributed by atoms with Gasteiger partial charge in [0.25, 0.3) is 0 Å². The third-order valence-electron chi connectivity index (χ3n) is 5.33. The van der Waals surface area contributed by atoms with Crippen LogP contribution in [0.25, 0.3) is 0 Å². The quantitative estimate of drug-likeness (QED) is 0.828. The highest BCUT2D eigenvalue weighted by Crippen LogP contribution is 2.29. The first-order valence-corrected chi connectivity index (χ1v) is 9.12. The van der Waals surface area contributed by atoms with Crippen molar-refractivity contribution in [2.45, 2.75) is 70.0 Å². The van der Waals surface area contributed by atoms with Crippen LogP contribution in [0.1, 0.15) is 68.4 Å². The van der Waals surface area contributed by atoms with Crippen LogP contribution in [0.4, 0.5) is 0 Å². The number of aromatic carboxylic acids is 1. The van der Waals surface area contributed by atoms with Crippen molar-refractivity contribution < 1.29 is 14.6 Å². The van der Waals surface area contributed by atoms with Crippen molar-refractivity contribution >= 4 is 5.97 Å². The van der Waals surface area contributed by atoms with Crippen molar-refractivity contribution in [3.8, 4) is 0 Å². The number of aromatic nitrogens is 3. The molecule has 1 saturated heterocycles. The lowest BCUT2D eigenvalue weighted by atomic mass is 9.88. The lowest BCUT2D eigenvalue weighted by Crippen LogP contribution is -2.45. The topological polar surface area (TPSA) is 89.3 Å². The Labute approximate surface area is 142 Å². The lowest BCUT2D eigenvalue weighted by Gasteiger charge is -2.35. The van der Waals surface area contributed by atoms with Gasteiger partial charge in [0.05, 0.1) is 12.2 Å². The smallest absolute Gasteiger partial charge is 0.358 e. The molecule has 2 N–H and O–H groups in total. The van der Waals surface area contributed by atoms with Crippen LogP contribution < -0.4 is 5.32 Å². The Hall–Kier alpha value is -1.47. The van der Waals surface area contributed by atoms with Gasteiger partial charge in [0.15, 0.2) is 5.69 Å². The summed E-state index contributed by atoms with van der Waals surface area (Å²) in [5.41, 5.74) is 0.0228. The van der Waals surface area contributed by atoms with Gasteiger partial charge in [-0.2, -0.15) is 0 Å². The van der Waals surface area contributed by atoms with Crippen LogP contribution in [-0.4, -0.2) is 51.4 Å². The molecule has 1 aliphatic heterocycles. The number of nitrogens with zero attached hydrogens (tertiary/aromatic N) is 3. The summed E-state index contributed by atoms with van der Waals surface area (Å²) in [5, 5.41) is 20.7. The van der Waals surface area contributed by atoms with Gasteiger partial charge < -0.3 is 15.2 Å². The maximum absolute atomic E-state index is 11.0. The molecule has 7 heteroatoms. The fourth-order valence-corrected chi connectivity index (χ4v) is 4.07. The average Bonchev–Trinajstić information content (AvgIpc) is 3.06. The summed E-state index contributed by atoms with van der Waals surface area (Å²) >= 11 is 0. The summed E-state index contributed by atoms with van der Waals surface area (Å²) < 4.78 is 7.19. The monoisotopic (exact) mass is 336 g/mol. The lowest BCUT2D eigenvalue weighted by molar-refractivity contribution is 0.0599. The van der Waals surface area contributed by atoms with Gasteiger partial charge in [-0.05, 0) is 44.9 Å². The molecule has 24 heavy (non-hydrogen) atoms. The standard InChI is InChI=1S/C17H28N4O3/c1-12(10-13-6-8-24-9-7-13)18-14-4-2-3-5-16(14)21-11-15(17(22)23)19-20-21/h11-14,16,18H,2-10H2,1H3,(H,22,23)/t12?,14-,16+/m1/s1. The minimum Gasteiger partial charge on any atom is -0.476 e. The Morgan fingerprint density at radius 2 is 2.12 bits per heavy atom. The van der Waals surface area contributed by atoms with Crippen LogP contribution in [0.3, 0.4) is 0 Å². The zero-order valence-corrected chi connectivity index (χ0v) is 14.4. The Bertz CT molecular complexity index is 542. The van der Waals surface area contributed by atoms with Crippen molar-refractivity contribution in [1.82, 2.24) is 20.3 Å². The van der Waals surface area contributed by atoms with Gasteiger partial charge in [-0.1, -0.05) is 18.1 Å². The molecule has 2 aliphatic rings. The molecule has 7 nitrogen and oxygen atoms in total. The summed E-state index contributed by atoms with van der Waals surface area (Å²) in [5.74, 6) is -0.275. The van der Waals surface area contributed by atoms with E-state index < -0.39 is 5.97 Å². The second kappa shape index (κ2) is 8.07. The van der Waals surface area contributed by atoms with Gasteiger partial charge >= 0.3 is 5.97 Å². The molecule has 1 aliphatic carbocycles. The maximum Gasteiger partial charge on any atom is 0.358 e. The highest BCUT2D eigenvalue weighted by Gasteiger charge is 2.29. The first kappa shape index (κ1) is 17.4. The van der Waals surface area contributed by atoms with Crippen molar-refractivity contribution in [3.05, 3.63) is 11.9 Å². The van der Waals surface area contributed by atoms with Gasteiger partial charge in [-0.25, -0.2) is 9.48 Å². The number of carboxylic acid groups (broad SMARTS) is 1. The van der Waals surface area contributed by atoms with E-state index in [2.05, 4.69) is 22.6 Å². The van der Waals surface area contributed by atoms with Crippen LogP contribution in [0.2, 0.25) is 0 Å². The number of nitrogens with one attached hydrogen (secondary N) is 1. The summed E-state index contributed by atoms with van der Waals surface area (Å²) in [6.45, 7) is 4.03. The van der Waals surface area contributed by atoms with Crippen LogP contribution in [-0.2, 0) is 4.74 Å². The molecule has 0 bridgehead atoms. The Morgan fingerprint density at radius 1 is 1.38 bits per heavy atom. The number of ether oxygens (including phenoxy) is 1. The molecule has 1 saturated carbocycles. The predicted octanol–water partition coefficient (Wildman–Crippen LogP) is 2.25. The van der Waals surface area contributed by atoms with Gasteiger partial charge in [0.2, 0.25) is 0 Å². The SMILES string of the molecule is CC(CC1CCOCC1)N[C@@H]1CCCC[C@@H]1n1cc(C(=O)O)nn1. The highest BCUT2D eigenvalue weighted by atomic mass is 16.5. The zero-order valence-electron chi connectivity index (χ0n) is 14.4. The largest absolute Gasteiger partial charge is 0.476 e. The first-order chi connectivity index (χ1) is 11.6. The van der Waals surface area contributed by atoms with Crippen LogP contribution in [0.15, 0.2) is 6.20 Å². The number of hydrogen-bond donors (Lipinski definition) is 2. The molecule has 0 radical (unpaired) electrons. The van der Waals surface area contributed by atoms with Gasteiger partial charge in [-0.3, -0.25) is 0 Å². The number of hydrogen-bond acceptors (Lipinski definition) is 5. The first-order valence-electron chi connectivity index (χ1n) is 9.12. The van der Waals surface area contributed by atoms with Crippen LogP contribution in [0, 0.1) is 5.92 Å². The molecule has 0 spiro atoms. The molecule has 1 unspecified atom stereocenters. The molecular weight excluding hydrogens is 308 g/mol. The number of carboxylic acids is 1. The van der Waals surface area contributed by atoms with E-state index >= 15 is 0 Å². The maximum atomic E-state index is 11.0. The highest BCUT2D eigenvalue weighted by molar-refractivity contribution is 5.84. The van der Waals surface area contributed by atoms with Crippen molar-refractivity contribution in [3.63, 3.8) is 0 Å². The van der Waals surface area contributed by atoms with Crippen molar-refractivity contribution in [2.75, 3.05) is 13.2 Å². The normalized spacial score (nSPS) is 27.0. The average molecular weight is 336 g/mol. The van der Waals surface area contributed by atoms with Gasteiger partial charge in [0, 0.05) is 25.3 Å². The third-order valence-corrected chi connectivity index (χ3v) is 5.33. The molecule has 3 atom stereocenters. The molecule has 1 aromatic rings. The minimum atomic E-state index is -1.02. The zero-order chi connectivity index (χ0) is 16.9. The summed E-state index contributed by atoms with van der Waals surface area (Å²) in [6, 6.07) is 0.967. The van der Waals surface area contributed by atoms with E-state index in [9.17, 15) is 4.79 Å². The molecular formula is C17H28N4O3. The minimum absolute atomic E-state index is 0.0228. The van der Waals surface area contributed by atoms with E-state index in [0.717, 1.165) is 51.2 Å². The van der Waals surface area contributed by atoms with Crippen molar-refractivity contribution in [2.24, 2.45) is 5.92 Å².